The Morgan fingerprint density at radius 3 is 2.86 bits per heavy atom. The highest BCUT2D eigenvalue weighted by atomic mass is 32.2. The van der Waals surface area contributed by atoms with Gasteiger partial charge in [-0.2, -0.15) is 5.10 Å². The number of esters is 1. The zero-order valence-corrected chi connectivity index (χ0v) is 17.0. The summed E-state index contributed by atoms with van der Waals surface area (Å²) in [5.41, 5.74) is 3.79. The normalized spacial score (nSPS) is 15.0. The molecule has 0 saturated heterocycles. The predicted octanol–water partition coefficient (Wildman–Crippen LogP) is 4.01. The van der Waals surface area contributed by atoms with Crippen molar-refractivity contribution in [3.63, 3.8) is 0 Å². The number of carbonyl (C=O) groups is 2. The fraction of sp³-hybridized carbons (Fsp3) is 0.227. The van der Waals surface area contributed by atoms with Crippen molar-refractivity contribution in [2.45, 2.75) is 30.4 Å². The molecule has 0 saturated carbocycles. The Morgan fingerprint density at radius 1 is 1.24 bits per heavy atom. The van der Waals surface area contributed by atoms with E-state index in [0.717, 1.165) is 12.1 Å². The van der Waals surface area contributed by atoms with Gasteiger partial charge in [-0.15, -0.1) is 11.8 Å². The molecule has 0 bridgehead atoms. The molecule has 1 aliphatic heterocycles. The molecule has 1 aliphatic rings. The molecule has 29 heavy (non-hydrogen) atoms. The number of fused-ring (bicyclic) bond motifs is 1. The topological polar surface area (TPSA) is 73.2 Å². The van der Waals surface area contributed by atoms with Gasteiger partial charge < -0.3 is 10.1 Å². The van der Waals surface area contributed by atoms with Crippen LogP contribution in [-0.4, -0.2) is 33.5 Å². The first-order valence-electron chi connectivity index (χ1n) is 9.44. The number of hydrogen-bond acceptors (Lipinski definition) is 5. The molecule has 1 amide bonds. The Morgan fingerprint density at radius 2 is 2.07 bits per heavy atom. The highest BCUT2D eigenvalue weighted by Gasteiger charge is 2.28. The summed E-state index contributed by atoms with van der Waals surface area (Å²) in [6.07, 6.45) is 2.23. The number of aromatic nitrogens is 2. The first kappa shape index (κ1) is 19.3. The third kappa shape index (κ3) is 3.91. The van der Waals surface area contributed by atoms with Crippen molar-refractivity contribution in [2.75, 3.05) is 11.9 Å². The highest BCUT2D eigenvalue weighted by molar-refractivity contribution is 8.01. The summed E-state index contributed by atoms with van der Waals surface area (Å²) < 4.78 is 6.74. The van der Waals surface area contributed by atoms with Crippen LogP contribution in [0.5, 0.6) is 0 Å². The molecule has 148 valence electrons. The van der Waals surface area contributed by atoms with Crippen LogP contribution in [0.2, 0.25) is 0 Å². The molecule has 2 aromatic carbocycles. The van der Waals surface area contributed by atoms with Crippen molar-refractivity contribution >= 4 is 29.3 Å². The maximum atomic E-state index is 12.7. The van der Waals surface area contributed by atoms with Gasteiger partial charge >= 0.3 is 5.97 Å². The number of nitrogens with one attached hydrogen (secondary N) is 1. The molecule has 0 fully saturated rings. The van der Waals surface area contributed by atoms with E-state index in [-0.39, 0.29) is 11.2 Å². The van der Waals surface area contributed by atoms with Crippen LogP contribution in [-0.2, 0) is 16.0 Å². The second kappa shape index (κ2) is 8.13. The van der Waals surface area contributed by atoms with E-state index in [0.29, 0.717) is 23.6 Å². The van der Waals surface area contributed by atoms with Crippen molar-refractivity contribution < 1.29 is 14.3 Å². The third-order valence-corrected chi connectivity index (χ3v) is 6.12. The largest absolute Gasteiger partial charge is 0.462 e. The molecule has 2 heterocycles. The molecule has 1 aromatic heterocycles. The number of thioether (sulfide) groups is 1. The molecule has 1 atom stereocenters. The van der Waals surface area contributed by atoms with Gasteiger partial charge in [0.15, 0.2) is 0 Å². The smallest absolute Gasteiger partial charge is 0.341 e. The van der Waals surface area contributed by atoms with Gasteiger partial charge in [-0.05, 0) is 50.1 Å². The minimum absolute atomic E-state index is 0.0206. The van der Waals surface area contributed by atoms with Crippen LogP contribution in [0.15, 0.2) is 59.6 Å². The number of benzene rings is 2. The summed E-state index contributed by atoms with van der Waals surface area (Å²) in [5, 5.41) is 7.18. The van der Waals surface area contributed by atoms with Crippen molar-refractivity contribution in [1.29, 1.82) is 0 Å². The van der Waals surface area contributed by atoms with Gasteiger partial charge in [-0.25, -0.2) is 9.48 Å². The van der Waals surface area contributed by atoms with E-state index in [1.54, 1.807) is 23.4 Å². The van der Waals surface area contributed by atoms with Crippen molar-refractivity contribution in [2.24, 2.45) is 0 Å². The first-order chi connectivity index (χ1) is 14.1. The lowest BCUT2D eigenvalue weighted by Crippen LogP contribution is -2.24. The van der Waals surface area contributed by atoms with Gasteiger partial charge in [0.2, 0.25) is 5.91 Å². The standard InChI is InChI=1S/C22H21N3O3S/c1-3-28-22(27)18-13-23-25(14(18)2)17-9-6-8-16(12-17)24-21(26)20-11-15-7-4-5-10-19(15)29-20/h4-10,12-13,20H,3,11H2,1-2H3,(H,24,26)/t20-/m0/s1. The number of hydrogen-bond donors (Lipinski definition) is 1. The van der Waals surface area contributed by atoms with Crippen molar-refractivity contribution in [3.8, 4) is 5.69 Å². The van der Waals surface area contributed by atoms with E-state index in [2.05, 4.69) is 22.5 Å². The number of rotatable bonds is 5. The summed E-state index contributed by atoms with van der Waals surface area (Å²) in [6.45, 7) is 3.90. The summed E-state index contributed by atoms with van der Waals surface area (Å²) in [5.74, 6) is -0.411. The number of carbonyl (C=O) groups excluding carboxylic acids is 2. The number of nitrogens with zero attached hydrogens (tertiary/aromatic N) is 2. The highest BCUT2D eigenvalue weighted by Crippen LogP contribution is 2.37. The zero-order valence-electron chi connectivity index (χ0n) is 16.2. The van der Waals surface area contributed by atoms with Gasteiger partial charge in [-0.3, -0.25) is 4.79 Å². The van der Waals surface area contributed by atoms with Crippen LogP contribution in [0.1, 0.15) is 28.5 Å². The second-order valence-corrected chi connectivity index (χ2v) is 7.98. The van der Waals surface area contributed by atoms with Crippen LogP contribution in [0.3, 0.4) is 0 Å². The molecule has 3 aromatic rings. The average molecular weight is 407 g/mol. The number of anilines is 1. The van der Waals surface area contributed by atoms with Gasteiger partial charge in [0.05, 0.1) is 29.4 Å². The molecule has 4 rings (SSSR count). The van der Waals surface area contributed by atoms with E-state index >= 15 is 0 Å². The molecule has 0 spiro atoms. The quantitative estimate of drug-likeness (QED) is 0.647. The predicted molar refractivity (Wildman–Crippen MR) is 113 cm³/mol. The number of ether oxygens (including phenoxy) is 1. The van der Waals surface area contributed by atoms with Gasteiger partial charge in [0.1, 0.15) is 5.56 Å². The first-order valence-corrected chi connectivity index (χ1v) is 10.3. The van der Waals surface area contributed by atoms with Crippen molar-refractivity contribution in [3.05, 3.63) is 71.5 Å². The van der Waals surface area contributed by atoms with E-state index in [1.807, 2.05) is 43.3 Å². The minimum Gasteiger partial charge on any atom is -0.462 e. The van der Waals surface area contributed by atoms with E-state index in [4.69, 9.17) is 4.74 Å². The fourth-order valence-electron chi connectivity index (χ4n) is 3.35. The maximum absolute atomic E-state index is 12.7. The Labute approximate surface area is 173 Å². The lowest BCUT2D eigenvalue weighted by molar-refractivity contribution is -0.115. The minimum atomic E-state index is -0.390. The van der Waals surface area contributed by atoms with E-state index in [1.165, 1.54) is 16.7 Å². The Bertz CT molecular complexity index is 1050. The Kier molecular flexibility index (Phi) is 5.40. The van der Waals surface area contributed by atoms with Gasteiger partial charge in [0, 0.05) is 10.6 Å². The Balaban J connectivity index is 1.50. The van der Waals surface area contributed by atoms with E-state index < -0.39 is 5.97 Å². The molecule has 6 nitrogen and oxygen atoms in total. The van der Waals surface area contributed by atoms with Gasteiger partial charge in [-0.1, -0.05) is 24.3 Å². The van der Waals surface area contributed by atoms with Crippen LogP contribution < -0.4 is 5.32 Å². The average Bonchev–Trinajstić information content (AvgIpc) is 3.32. The summed E-state index contributed by atoms with van der Waals surface area (Å²) in [4.78, 5) is 25.9. The summed E-state index contributed by atoms with van der Waals surface area (Å²) in [7, 11) is 0. The SMILES string of the molecule is CCOC(=O)c1cnn(-c2cccc(NC(=O)[C@@H]3Cc4ccccc4S3)c2)c1C. The molecule has 0 aliphatic carbocycles. The summed E-state index contributed by atoms with van der Waals surface area (Å²) in [6, 6.07) is 15.5. The molecular formula is C22H21N3O3S. The van der Waals surface area contributed by atoms with Crippen LogP contribution in [0.4, 0.5) is 5.69 Å². The molecule has 7 heteroatoms. The molecule has 0 unspecified atom stereocenters. The molecule has 1 N–H and O–H groups in total. The molecular weight excluding hydrogens is 386 g/mol. The van der Waals surface area contributed by atoms with Crippen LogP contribution in [0.25, 0.3) is 5.69 Å². The fourth-order valence-corrected chi connectivity index (χ4v) is 4.54. The zero-order chi connectivity index (χ0) is 20.4. The van der Waals surface area contributed by atoms with E-state index in [9.17, 15) is 9.59 Å². The van der Waals surface area contributed by atoms with Gasteiger partial charge in [0.25, 0.3) is 0 Å². The van der Waals surface area contributed by atoms with Crippen LogP contribution >= 0.6 is 11.8 Å². The third-order valence-electron chi connectivity index (χ3n) is 4.80. The van der Waals surface area contributed by atoms with Crippen molar-refractivity contribution in [1.82, 2.24) is 9.78 Å². The number of amides is 1. The lowest BCUT2D eigenvalue weighted by atomic mass is 10.1. The maximum Gasteiger partial charge on any atom is 0.341 e. The second-order valence-electron chi connectivity index (χ2n) is 6.73. The van der Waals surface area contributed by atoms with Crippen LogP contribution in [0, 0.1) is 6.92 Å². The monoisotopic (exact) mass is 407 g/mol. The summed E-state index contributed by atoms with van der Waals surface area (Å²) >= 11 is 1.60. The lowest BCUT2D eigenvalue weighted by Gasteiger charge is -2.12. The molecule has 0 radical (unpaired) electrons. The Hall–Kier alpha value is -3.06.